The Bertz CT molecular complexity index is 413. The quantitative estimate of drug-likeness (QED) is 0.609. The number of unbranched alkanes of at least 4 members (excludes halogenated alkanes) is 1. The normalized spacial score (nSPS) is 12.0. The van der Waals surface area contributed by atoms with E-state index in [-0.39, 0.29) is 12.6 Å². The van der Waals surface area contributed by atoms with Crippen molar-refractivity contribution in [2.45, 2.75) is 39.7 Å². The largest absolute Gasteiger partial charge is 0.482 e. The summed E-state index contributed by atoms with van der Waals surface area (Å²) in [7, 11) is 0. The lowest BCUT2D eigenvalue weighted by atomic mass is 10.1. The van der Waals surface area contributed by atoms with E-state index in [1.807, 2.05) is 19.9 Å². The Balaban J connectivity index is 2.47. The van der Waals surface area contributed by atoms with Crippen LogP contribution < -0.4 is 4.74 Å². The Kier molecular flexibility index (Phi) is 6.36. The number of hydrogen-bond acceptors (Lipinski definition) is 4. The van der Waals surface area contributed by atoms with Gasteiger partial charge in [0.1, 0.15) is 5.75 Å². The molecular weight excluding hydrogens is 244 g/mol. The standard InChI is InChI=1S/C15H22O4/c1-4-5-8-18-15(17)10-19-14-7-6-13(12(3)16)9-11(14)2/h6-7,9,12,16H,4-5,8,10H2,1-3H3. The Hall–Kier alpha value is -1.55. The number of aliphatic hydroxyl groups excluding tert-OH is 1. The van der Waals surface area contributed by atoms with E-state index in [0.29, 0.717) is 12.4 Å². The molecule has 0 amide bonds. The van der Waals surface area contributed by atoms with Gasteiger partial charge in [0.15, 0.2) is 6.61 Å². The number of carbonyl (C=O) groups excluding carboxylic acids is 1. The topological polar surface area (TPSA) is 55.8 Å². The highest BCUT2D eigenvalue weighted by Gasteiger charge is 2.08. The molecule has 106 valence electrons. The van der Waals surface area contributed by atoms with E-state index < -0.39 is 6.10 Å². The van der Waals surface area contributed by atoms with Crippen molar-refractivity contribution in [3.05, 3.63) is 29.3 Å². The third-order valence-electron chi connectivity index (χ3n) is 2.79. The second-order valence-electron chi connectivity index (χ2n) is 4.56. The smallest absolute Gasteiger partial charge is 0.344 e. The Labute approximate surface area is 114 Å². The molecule has 0 aromatic heterocycles. The van der Waals surface area contributed by atoms with Gasteiger partial charge in [-0.1, -0.05) is 19.4 Å². The first kappa shape index (κ1) is 15.5. The zero-order valence-corrected chi connectivity index (χ0v) is 11.8. The summed E-state index contributed by atoms with van der Waals surface area (Å²) in [6.45, 7) is 5.98. The van der Waals surface area contributed by atoms with Crippen molar-refractivity contribution in [2.24, 2.45) is 0 Å². The maximum absolute atomic E-state index is 11.4. The van der Waals surface area contributed by atoms with Gasteiger partial charge < -0.3 is 14.6 Å². The molecule has 1 aromatic carbocycles. The summed E-state index contributed by atoms with van der Waals surface area (Å²) in [5.41, 5.74) is 1.72. The molecule has 0 aliphatic rings. The first-order chi connectivity index (χ1) is 9.04. The van der Waals surface area contributed by atoms with E-state index >= 15 is 0 Å². The van der Waals surface area contributed by atoms with E-state index in [2.05, 4.69) is 0 Å². The first-order valence-corrected chi connectivity index (χ1v) is 6.61. The summed E-state index contributed by atoms with van der Waals surface area (Å²) in [6, 6.07) is 5.40. The maximum Gasteiger partial charge on any atom is 0.344 e. The summed E-state index contributed by atoms with van der Waals surface area (Å²) < 4.78 is 10.4. The van der Waals surface area contributed by atoms with Crippen LogP contribution in [0.15, 0.2) is 18.2 Å². The lowest BCUT2D eigenvalue weighted by Crippen LogP contribution is -2.15. The average molecular weight is 266 g/mol. The maximum atomic E-state index is 11.4. The van der Waals surface area contributed by atoms with Gasteiger partial charge in [-0.25, -0.2) is 4.79 Å². The Morgan fingerprint density at radius 1 is 1.42 bits per heavy atom. The van der Waals surface area contributed by atoms with Crippen LogP contribution >= 0.6 is 0 Å². The van der Waals surface area contributed by atoms with Crippen molar-refractivity contribution in [1.82, 2.24) is 0 Å². The molecule has 0 spiro atoms. The van der Waals surface area contributed by atoms with Crippen LogP contribution in [0.25, 0.3) is 0 Å². The molecule has 1 atom stereocenters. The van der Waals surface area contributed by atoms with E-state index in [9.17, 15) is 9.90 Å². The minimum Gasteiger partial charge on any atom is -0.482 e. The highest BCUT2D eigenvalue weighted by Crippen LogP contribution is 2.22. The number of rotatable bonds is 7. The minimum atomic E-state index is -0.508. The predicted octanol–water partition coefficient (Wildman–Crippen LogP) is 2.77. The number of aryl methyl sites for hydroxylation is 1. The lowest BCUT2D eigenvalue weighted by Gasteiger charge is -2.11. The van der Waals surface area contributed by atoms with Crippen LogP contribution in [-0.2, 0) is 9.53 Å². The lowest BCUT2D eigenvalue weighted by molar-refractivity contribution is -0.146. The molecule has 1 N–H and O–H groups in total. The molecule has 0 bridgehead atoms. The fraction of sp³-hybridized carbons (Fsp3) is 0.533. The highest BCUT2D eigenvalue weighted by molar-refractivity contribution is 5.71. The Morgan fingerprint density at radius 3 is 2.74 bits per heavy atom. The van der Waals surface area contributed by atoms with Crippen molar-refractivity contribution in [3.8, 4) is 5.75 Å². The summed E-state index contributed by atoms with van der Waals surface area (Å²) in [4.78, 5) is 11.4. The van der Waals surface area contributed by atoms with Gasteiger partial charge >= 0.3 is 5.97 Å². The van der Waals surface area contributed by atoms with Gasteiger partial charge in [0.2, 0.25) is 0 Å². The van der Waals surface area contributed by atoms with Crippen LogP contribution in [0.1, 0.15) is 43.9 Å². The van der Waals surface area contributed by atoms with Crippen LogP contribution in [0.2, 0.25) is 0 Å². The zero-order valence-electron chi connectivity index (χ0n) is 11.8. The molecule has 4 heteroatoms. The van der Waals surface area contributed by atoms with Gasteiger partial charge in [-0.15, -0.1) is 0 Å². The van der Waals surface area contributed by atoms with Crippen LogP contribution in [0.5, 0.6) is 5.75 Å². The molecule has 0 saturated carbocycles. The molecule has 0 radical (unpaired) electrons. The molecule has 0 saturated heterocycles. The van der Waals surface area contributed by atoms with Crippen LogP contribution in [-0.4, -0.2) is 24.3 Å². The number of esters is 1. The van der Waals surface area contributed by atoms with E-state index in [1.54, 1.807) is 19.1 Å². The van der Waals surface area contributed by atoms with E-state index in [4.69, 9.17) is 9.47 Å². The number of carbonyl (C=O) groups is 1. The number of ether oxygens (including phenoxy) is 2. The fourth-order valence-electron chi connectivity index (χ4n) is 1.60. The summed E-state index contributed by atoms with van der Waals surface area (Å²) in [5, 5.41) is 9.46. The molecule has 0 heterocycles. The van der Waals surface area contributed by atoms with Crippen LogP contribution in [0.3, 0.4) is 0 Å². The predicted molar refractivity (Wildman–Crippen MR) is 73.2 cm³/mol. The average Bonchev–Trinajstić information content (AvgIpc) is 2.37. The number of benzene rings is 1. The molecule has 4 nitrogen and oxygen atoms in total. The molecule has 19 heavy (non-hydrogen) atoms. The minimum absolute atomic E-state index is 0.0847. The van der Waals surface area contributed by atoms with Crippen LogP contribution in [0, 0.1) is 6.92 Å². The zero-order chi connectivity index (χ0) is 14.3. The van der Waals surface area contributed by atoms with Gasteiger partial charge in [0.25, 0.3) is 0 Å². The second-order valence-corrected chi connectivity index (χ2v) is 4.56. The molecule has 1 aromatic rings. The summed E-state index contributed by atoms with van der Waals surface area (Å²) in [6.07, 6.45) is 1.36. The van der Waals surface area contributed by atoms with Crippen molar-refractivity contribution in [1.29, 1.82) is 0 Å². The van der Waals surface area contributed by atoms with E-state index in [0.717, 1.165) is 24.0 Å². The third kappa shape index (κ3) is 5.30. The van der Waals surface area contributed by atoms with Gasteiger partial charge in [0.05, 0.1) is 12.7 Å². The first-order valence-electron chi connectivity index (χ1n) is 6.61. The third-order valence-corrected chi connectivity index (χ3v) is 2.79. The summed E-state index contributed by atoms with van der Waals surface area (Å²) in [5.74, 6) is 0.282. The van der Waals surface area contributed by atoms with Crippen molar-refractivity contribution < 1.29 is 19.4 Å². The van der Waals surface area contributed by atoms with Gasteiger partial charge in [-0.2, -0.15) is 0 Å². The van der Waals surface area contributed by atoms with E-state index in [1.165, 1.54) is 0 Å². The summed E-state index contributed by atoms with van der Waals surface area (Å²) >= 11 is 0. The molecule has 1 unspecified atom stereocenters. The van der Waals surface area contributed by atoms with Crippen LogP contribution in [0.4, 0.5) is 0 Å². The van der Waals surface area contributed by atoms with Crippen molar-refractivity contribution in [3.63, 3.8) is 0 Å². The highest BCUT2D eigenvalue weighted by atomic mass is 16.6. The van der Waals surface area contributed by atoms with Gasteiger partial charge in [-0.3, -0.25) is 0 Å². The molecule has 0 aliphatic carbocycles. The molecular formula is C15H22O4. The number of hydrogen-bond donors (Lipinski definition) is 1. The number of aliphatic hydroxyl groups is 1. The van der Waals surface area contributed by atoms with Gasteiger partial charge in [0, 0.05) is 0 Å². The van der Waals surface area contributed by atoms with Crippen molar-refractivity contribution >= 4 is 5.97 Å². The molecule has 1 rings (SSSR count). The van der Waals surface area contributed by atoms with Crippen molar-refractivity contribution in [2.75, 3.05) is 13.2 Å². The molecule has 0 aliphatic heterocycles. The monoisotopic (exact) mass is 266 g/mol. The Morgan fingerprint density at radius 2 is 2.16 bits per heavy atom. The second kappa shape index (κ2) is 7.79. The SMILES string of the molecule is CCCCOC(=O)COc1ccc(C(C)O)cc1C. The molecule has 0 fully saturated rings. The fourth-order valence-corrected chi connectivity index (χ4v) is 1.60. The van der Waals surface area contributed by atoms with Gasteiger partial charge in [-0.05, 0) is 43.5 Å².